The number of nitrogens with zero attached hydrogens (tertiary/aromatic N) is 4. The lowest BCUT2D eigenvalue weighted by Crippen LogP contribution is -2.06. The lowest BCUT2D eigenvalue weighted by atomic mass is 9.97. The van der Waals surface area contributed by atoms with Crippen molar-refractivity contribution < 1.29 is 8.83 Å². The van der Waals surface area contributed by atoms with Gasteiger partial charge in [0.2, 0.25) is 5.95 Å². The first kappa shape index (κ1) is 27.9. The molecule has 0 spiro atoms. The van der Waals surface area contributed by atoms with E-state index in [2.05, 4.69) is 89.5 Å². The van der Waals surface area contributed by atoms with Crippen LogP contribution in [-0.4, -0.2) is 19.5 Å². The zero-order valence-electron chi connectivity index (χ0n) is 27.1. The van der Waals surface area contributed by atoms with E-state index >= 15 is 0 Å². The Kier molecular flexibility index (Phi) is 5.86. The van der Waals surface area contributed by atoms with Gasteiger partial charge in [0, 0.05) is 49.0 Å². The van der Waals surface area contributed by atoms with Crippen molar-refractivity contribution in [2.45, 2.75) is 0 Å². The van der Waals surface area contributed by atoms with Crippen LogP contribution >= 0.6 is 0 Å². The average molecular weight is 655 g/mol. The van der Waals surface area contributed by atoms with E-state index < -0.39 is 0 Å². The summed E-state index contributed by atoms with van der Waals surface area (Å²) in [6.07, 6.45) is 0. The fraction of sp³-hybridized carbons (Fsp3) is 0. The van der Waals surface area contributed by atoms with Gasteiger partial charge in [0.25, 0.3) is 0 Å². The van der Waals surface area contributed by atoms with Crippen LogP contribution in [0.4, 0.5) is 0 Å². The van der Waals surface area contributed by atoms with Gasteiger partial charge in [-0.3, -0.25) is 4.57 Å². The van der Waals surface area contributed by atoms with E-state index in [-0.39, 0.29) is 0 Å². The second-order valence-electron chi connectivity index (χ2n) is 12.8. The van der Waals surface area contributed by atoms with Gasteiger partial charge in [-0.2, -0.15) is 9.97 Å². The summed E-state index contributed by atoms with van der Waals surface area (Å²) in [5.41, 5.74) is 9.24. The maximum Gasteiger partial charge on any atom is 0.238 e. The minimum absolute atomic E-state index is 0.561. The molecule has 0 saturated heterocycles. The van der Waals surface area contributed by atoms with Gasteiger partial charge in [0.05, 0.1) is 11.0 Å². The number of fused-ring (bicyclic) bond motifs is 9. The summed E-state index contributed by atoms with van der Waals surface area (Å²) in [5.74, 6) is 1.74. The molecular weight excluding hydrogens is 629 g/mol. The molecular formula is C45H26N4O2. The monoisotopic (exact) mass is 654 g/mol. The van der Waals surface area contributed by atoms with Crippen molar-refractivity contribution in [3.63, 3.8) is 0 Å². The molecule has 6 heteroatoms. The quantitative estimate of drug-likeness (QED) is 0.189. The molecule has 238 valence electrons. The standard InChI is InChI=1S/C45H26N4O2/c1-2-12-27(13-3-1)43-46-44(48-45(47-43)49-36-20-7-4-14-29(36)30-15-5-8-21-37(30)49)28-24-25-39-35(26-28)41-32(17-11-23-40(41)50-39)34-19-10-18-33-31-16-6-9-22-38(31)51-42(33)34/h1-26H. The molecule has 0 aliphatic rings. The van der Waals surface area contributed by atoms with Crippen molar-refractivity contribution in [1.82, 2.24) is 19.5 Å². The first-order valence-corrected chi connectivity index (χ1v) is 16.9. The molecule has 4 heterocycles. The van der Waals surface area contributed by atoms with Crippen LogP contribution in [0.15, 0.2) is 167 Å². The summed E-state index contributed by atoms with van der Waals surface area (Å²) < 4.78 is 15.1. The van der Waals surface area contributed by atoms with Crippen molar-refractivity contribution in [3.8, 4) is 39.9 Å². The van der Waals surface area contributed by atoms with Gasteiger partial charge in [0.1, 0.15) is 22.3 Å². The number of benzene rings is 7. The second-order valence-corrected chi connectivity index (χ2v) is 12.8. The van der Waals surface area contributed by atoms with Crippen molar-refractivity contribution in [3.05, 3.63) is 158 Å². The number of para-hydroxylation sites is 4. The summed E-state index contributed by atoms with van der Waals surface area (Å²) in [4.78, 5) is 15.4. The molecule has 0 aliphatic heterocycles. The molecule has 0 bridgehead atoms. The van der Waals surface area contributed by atoms with Gasteiger partial charge in [-0.05, 0) is 48.0 Å². The Hall–Kier alpha value is -7.05. The molecule has 0 amide bonds. The van der Waals surface area contributed by atoms with E-state index in [0.29, 0.717) is 17.6 Å². The summed E-state index contributed by atoms with van der Waals surface area (Å²) in [6, 6.07) is 53.8. The third kappa shape index (κ3) is 4.20. The van der Waals surface area contributed by atoms with Gasteiger partial charge in [-0.1, -0.05) is 115 Å². The molecule has 0 fully saturated rings. The molecule has 11 rings (SSSR count). The van der Waals surface area contributed by atoms with Gasteiger partial charge in [-0.25, -0.2) is 4.98 Å². The summed E-state index contributed by atoms with van der Waals surface area (Å²) in [6.45, 7) is 0. The highest BCUT2D eigenvalue weighted by molar-refractivity contribution is 6.17. The highest BCUT2D eigenvalue weighted by Gasteiger charge is 2.20. The average Bonchev–Trinajstić information content (AvgIpc) is 3.87. The Morgan fingerprint density at radius 1 is 0.392 bits per heavy atom. The normalized spacial score (nSPS) is 11.9. The Morgan fingerprint density at radius 3 is 1.80 bits per heavy atom. The highest BCUT2D eigenvalue weighted by atomic mass is 16.3. The fourth-order valence-electron chi connectivity index (χ4n) is 7.60. The molecule has 0 atom stereocenters. The topological polar surface area (TPSA) is 69.9 Å². The van der Waals surface area contributed by atoms with Gasteiger partial charge in [-0.15, -0.1) is 0 Å². The Balaban J connectivity index is 1.16. The Morgan fingerprint density at radius 2 is 1.00 bits per heavy atom. The maximum atomic E-state index is 6.47. The van der Waals surface area contributed by atoms with Gasteiger partial charge < -0.3 is 8.83 Å². The van der Waals surface area contributed by atoms with Crippen molar-refractivity contribution >= 4 is 65.7 Å². The van der Waals surface area contributed by atoms with E-state index in [9.17, 15) is 0 Å². The zero-order chi connectivity index (χ0) is 33.5. The van der Waals surface area contributed by atoms with E-state index in [1.807, 2.05) is 72.8 Å². The number of hydrogen-bond donors (Lipinski definition) is 0. The molecule has 0 N–H and O–H groups in total. The molecule has 0 unspecified atom stereocenters. The summed E-state index contributed by atoms with van der Waals surface area (Å²) >= 11 is 0. The van der Waals surface area contributed by atoms with Gasteiger partial charge >= 0.3 is 0 Å². The minimum atomic E-state index is 0.561. The first-order valence-electron chi connectivity index (χ1n) is 16.9. The molecule has 51 heavy (non-hydrogen) atoms. The summed E-state index contributed by atoms with van der Waals surface area (Å²) in [5, 5.41) is 6.48. The minimum Gasteiger partial charge on any atom is -0.456 e. The SMILES string of the molecule is c1ccc(-c2nc(-c3ccc4oc5cccc(-c6cccc7c6oc6ccccc67)c5c4c3)nc(-n3c4ccccc4c4ccccc43)n2)cc1. The smallest absolute Gasteiger partial charge is 0.238 e. The zero-order valence-corrected chi connectivity index (χ0v) is 27.1. The van der Waals surface area contributed by atoms with Crippen LogP contribution in [0.3, 0.4) is 0 Å². The molecule has 0 saturated carbocycles. The molecule has 0 radical (unpaired) electrons. The van der Waals surface area contributed by atoms with Crippen LogP contribution in [0.2, 0.25) is 0 Å². The van der Waals surface area contributed by atoms with Crippen LogP contribution in [-0.2, 0) is 0 Å². The van der Waals surface area contributed by atoms with E-state index in [0.717, 1.165) is 87.9 Å². The molecule has 11 aromatic rings. The molecule has 7 aromatic carbocycles. The first-order chi connectivity index (χ1) is 25.3. The number of rotatable bonds is 4. The van der Waals surface area contributed by atoms with Crippen LogP contribution in [0.5, 0.6) is 0 Å². The largest absolute Gasteiger partial charge is 0.456 e. The Bertz CT molecular complexity index is 3100. The number of aromatic nitrogens is 4. The number of hydrogen-bond acceptors (Lipinski definition) is 5. The second kappa shape index (κ2) is 10.7. The highest BCUT2D eigenvalue weighted by Crippen LogP contribution is 2.42. The van der Waals surface area contributed by atoms with Crippen LogP contribution in [0.25, 0.3) is 106 Å². The lowest BCUT2D eigenvalue weighted by molar-refractivity contribution is 0.668. The summed E-state index contributed by atoms with van der Waals surface area (Å²) in [7, 11) is 0. The molecule has 0 aliphatic carbocycles. The van der Waals surface area contributed by atoms with E-state index in [4.69, 9.17) is 23.8 Å². The lowest BCUT2D eigenvalue weighted by Gasteiger charge is -2.11. The molecule has 6 nitrogen and oxygen atoms in total. The van der Waals surface area contributed by atoms with Crippen molar-refractivity contribution in [1.29, 1.82) is 0 Å². The van der Waals surface area contributed by atoms with E-state index in [1.165, 1.54) is 0 Å². The predicted molar refractivity (Wildman–Crippen MR) is 205 cm³/mol. The van der Waals surface area contributed by atoms with Crippen LogP contribution < -0.4 is 0 Å². The van der Waals surface area contributed by atoms with Crippen LogP contribution in [0.1, 0.15) is 0 Å². The van der Waals surface area contributed by atoms with E-state index in [1.54, 1.807) is 0 Å². The van der Waals surface area contributed by atoms with Crippen molar-refractivity contribution in [2.75, 3.05) is 0 Å². The van der Waals surface area contributed by atoms with Gasteiger partial charge in [0.15, 0.2) is 11.6 Å². The number of furan rings is 2. The third-order valence-electron chi connectivity index (χ3n) is 9.88. The molecule has 4 aromatic heterocycles. The third-order valence-corrected chi connectivity index (χ3v) is 9.88. The fourth-order valence-corrected chi connectivity index (χ4v) is 7.60. The predicted octanol–water partition coefficient (Wildman–Crippen LogP) is 11.8. The van der Waals surface area contributed by atoms with Crippen molar-refractivity contribution in [2.24, 2.45) is 0 Å². The maximum absolute atomic E-state index is 6.47. The van der Waals surface area contributed by atoms with Crippen LogP contribution in [0, 0.1) is 0 Å². The Labute approximate surface area is 290 Å².